The van der Waals surface area contributed by atoms with E-state index in [1.54, 1.807) is 0 Å². The smallest absolute Gasteiger partial charge is 0.0675 e. The number of hydrogen-bond donors (Lipinski definition) is 1. The van der Waals surface area contributed by atoms with E-state index < -0.39 is 0 Å². The summed E-state index contributed by atoms with van der Waals surface area (Å²) in [5.41, 5.74) is 7.61. The topological polar surface area (TPSA) is 38.5 Å². The molecule has 2 N–H and O–H groups in total. The zero-order chi connectivity index (χ0) is 14.7. The fourth-order valence-electron chi connectivity index (χ4n) is 2.91. The standard InChI is InChI=1S/C16H25ClN2O/c1-4-15(18)16(13-6-5-7-14(17)8-13)19-9-12(3)20-10-11(19)2/h5-8,11-12,15-16H,4,9-10,18H2,1-3H3. The molecule has 1 heterocycles. The molecular formula is C16H25ClN2O. The van der Waals surface area contributed by atoms with Gasteiger partial charge >= 0.3 is 0 Å². The minimum Gasteiger partial charge on any atom is -0.376 e. The molecule has 4 heteroatoms. The average Bonchev–Trinajstić information content (AvgIpc) is 2.43. The number of nitrogens with zero attached hydrogens (tertiary/aromatic N) is 1. The van der Waals surface area contributed by atoms with Crippen LogP contribution in [0.3, 0.4) is 0 Å². The monoisotopic (exact) mass is 296 g/mol. The molecule has 4 atom stereocenters. The Balaban J connectivity index is 2.31. The number of rotatable bonds is 4. The van der Waals surface area contributed by atoms with E-state index in [2.05, 4.69) is 31.7 Å². The second kappa shape index (κ2) is 6.90. The predicted octanol–water partition coefficient (Wildman–Crippen LogP) is 3.23. The Morgan fingerprint density at radius 1 is 1.45 bits per heavy atom. The van der Waals surface area contributed by atoms with Crippen LogP contribution in [-0.4, -0.2) is 36.2 Å². The fraction of sp³-hybridized carbons (Fsp3) is 0.625. The molecule has 0 saturated carbocycles. The van der Waals surface area contributed by atoms with Crippen LogP contribution < -0.4 is 5.73 Å². The van der Waals surface area contributed by atoms with Crippen molar-refractivity contribution in [3.8, 4) is 0 Å². The maximum absolute atomic E-state index is 6.41. The van der Waals surface area contributed by atoms with E-state index in [4.69, 9.17) is 22.1 Å². The van der Waals surface area contributed by atoms with Gasteiger partial charge in [-0.3, -0.25) is 4.90 Å². The van der Waals surface area contributed by atoms with Gasteiger partial charge in [0.2, 0.25) is 0 Å². The zero-order valence-electron chi connectivity index (χ0n) is 12.6. The van der Waals surface area contributed by atoms with Gasteiger partial charge in [0.1, 0.15) is 0 Å². The Bertz CT molecular complexity index is 440. The minimum atomic E-state index is 0.0983. The lowest BCUT2D eigenvalue weighted by atomic mass is 9.94. The molecule has 0 amide bonds. The Labute approximate surface area is 127 Å². The van der Waals surface area contributed by atoms with Gasteiger partial charge in [0, 0.05) is 23.7 Å². The van der Waals surface area contributed by atoms with Crippen LogP contribution in [0.4, 0.5) is 0 Å². The lowest BCUT2D eigenvalue weighted by Crippen LogP contribution is -2.53. The highest BCUT2D eigenvalue weighted by Gasteiger charge is 2.33. The number of ether oxygens (including phenoxy) is 1. The van der Waals surface area contributed by atoms with Crippen molar-refractivity contribution in [2.45, 2.75) is 51.4 Å². The van der Waals surface area contributed by atoms with Crippen LogP contribution in [-0.2, 0) is 4.74 Å². The van der Waals surface area contributed by atoms with Crippen molar-refractivity contribution in [2.75, 3.05) is 13.2 Å². The van der Waals surface area contributed by atoms with Gasteiger partial charge in [0.15, 0.2) is 0 Å². The molecule has 0 aromatic heterocycles. The van der Waals surface area contributed by atoms with Crippen molar-refractivity contribution in [1.82, 2.24) is 4.90 Å². The summed E-state index contributed by atoms with van der Waals surface area (Å²) >= 11 is 6.16. The first-order valence-electron chi connectivity index (χ1n) is 7.41. The molecule has 1 aliphatic rings. The molecule has 1 aromatic rings. The molecule has 2 rings (SSSR count). The minimum absolute atomic E-state index is 0.0983. The van der Waals surface area contributed by atoms with Crippen LogP contribution in [0.15, 0.2) is 24.3 Å². The molecule has 1 aromatic carbocycles. The molecule has 4 unspecified atom stereocenters. The Kier molecular flexibility index (Phi) is 5.44. The van der Waals surface area contributed by atoms with Gasteiger partial charge in [-0.15, -0.1) is 0 Å². The summed E-state index contributed by atoms with van der Waals surface area (Å²) in [5.74, 6) is 0. The lowest BCUT2D eigenvalue weighted by molar-refractivity contribution is -0.0707. The number of nitrogens with two attached hydrogens (primary N) is 1. The number of morpholine rings is 1. The first kappa shape index (κ1) is 15.8. The Morgan fingerprint density at radius 2 is 2.20 bits per heavy atom. The van der Waals surface area contributed by atoms with Gasteiger partial charge in [0.25, 0.3) is 0 Å². The number of halogens is 1. The maximum Gasteiger partial charge on any atom is 0.0675 e. The summed E-state index contributed by atoms with van der Waals surface area (Å²) in [7, 11) is 0. The van der Waals surface area contributed by atoms with Gasteiger partial charge < -0.3 is 10.5 Å². The molecule has 0 spiro atoms. The van der Waals surface area contributed by atoms with Crippen LogP contribution >= 0.6 is 11.6 Å². The van der Waals surface area contributed by atoms with E-state index in [-0.39, 0.29) is 18.2 Å². The average molecular weight is 297 g/mol. The first-order chi connectivity index (χ1) is 9.52. The molecule has 3 nitrogen and oxygen atoms in total. The van der Waals surface area contributed by atoms with E-state index in [1.807, 2.05) is 18.2 Å². The van der Waals surface area contributed by atoms with Crippen molar-refractivity contribution in [1.29, 1.82) is 0 Å². The fourth-order valence-corrected chi connectivity index (χ4v) is 3.11. The molecule has 0 bridgehead atoms. The number of hydrogen-bond acceptors (Lipinski definition) is 3. The van der Waals surface area contributed by atoms with Gasteiger partial charge in [0.05, 0.1) is 18.8 Å². The summed E-state index contributed by atoms with van der Waals surface area (Å²) in [6.45, 7) is 8.12. The van der Waals surface area contributed by atoms with Crippen molar-refractivity contribution in [2.24, 2.45) is 5.73 Å². The maximum atomic E-state index is 6.41. The van der Waals surface area contributed by atoms with Gasteiger partial charge in [-0.2, -0.15) is 0 Å². The highest BCUT2D eigenvalue weighted by molar-refractivity contribution is 6.30. The molecule has 1 fully saturated rings. The molecule has 1 saturated heterocycles. The first-order valence-corrected chi connectivity index (χ1v) is 7.79. The van der Waals surface area contributed by atoms with Gasteiger partial charge in [-0.1, -0.05) is 30.7 Å². The van der Waals surface area contributed by atoms with Gasteiger partial charge in [-0.25, -0.2) is 0 Å². The second-order valence-corrected chi connectivity index (χ2v) is 6.20. The van der Waals surface area contributed by atoms with Crippen molar-refractivity contribution < 1.29 is 4.74 Å². The zero-order valence-corrected chi connectivity index (χ0v) is 13.3. The summed E-state index contributed by atoms with van der Waals surface area (Å²) in [5, 5.41) is 0.768. The molecule has 20 heavy (non-hydrogen) atoms. The second-order valence-electron chi connectivity index (χ2n) is 5.76. The van der Waals surface area contributed by atoms with E-state index >= 15 is 0 Å². The van der Waals surface area contributed by atoms with Crippen LogP contribution in [0.2, 0.25) is 5.02 Å². The Morgan fingerprint density at radius 3 is 2.85 bits per heavy atom. The van der Waals surface area contributed by atoms with Crippen molar-refractivity contribution in [3.05, 3.63) is 34.9 Å². The van der Waals surface area contributed by atoms with E-state index in [1.165, 1.54) is 5.56 Å². The van der Waals surface area contributed by atoms with Crippen LogP contribution in [0.5, 0.6) is 0 Å². The van der Waals surface area contributed by atoms with Gasteiger partial charge in [-0.05, 0) is 38.0 Å². The highest BCUT2D eigenvalue weighted by atomic mass is 35.5. The molecule has 0 radical (unpaired) electrons. The third-order valence-electron chi connectivity index (χ3n) is 4.08. The lowest BCUT2D eigenvalue weighted by Gasteiger charge is -2.44. The molecular weight excluding hydrogens is 272 g/mol. The van der Waals surface area contributed by atoms with E-state index in [9.17, 15) is 0 Å². The molecule has 112 valence electrons. The quantitative estimate of drug-likeness (QED) is 0.927. The van der Waals surface area contributed by atoms with Crippen molar-refractivity contribution >= 4 is 11.6 Å². The number of benzene rings is 1. The summed E-state index contributed by atoms with van der Waals surface area (Å²) in [6, 6.07) is 8.73. The summed E-state index contributed by atoms with van der Waals surface area (Å²) < 4.78 is 5.73. The molecule has 0 aliphatic carbocycles. The predicted molar refractivity (Wildman–Crippen MR) is 84.0 cm³/mol. The molecule has 1 aliphatic heterocycles. The third-order valence-corrected chi connectivity index (χ3v) is 4.32. The Hall–Kier alpha value is -0.610. The van der Waals surface area contributed by atoms with E-state index in [0.29, 0.717) is 6.04 Å². The summed E-state index contributed by atoms with van der Waals surface area (Å²) in [4.78, 5) is 2.47. The normalized spacial score (nSPS) is 27.2. The third kappa shape index (κ3) is 3.53. The highest BCUT2D eigenvalue weighted by Crippen LogP contribution is 2.31. The van der Waals surface area contributed by atoms with Crippen LogP contribution in [0.1, 0.15) is 38.8 Å². The van der Waals surface area contributed by atoms with Crippen LogP contribution in [0.25, 0.3) is 0 Å². The van der Waals surface area contributed by atoms with Crippen molar-refractivity contribution in [3.63, 3.8) is 0 Å². The largest absolute Gasteiger partial charge is 0.376 e. The summed E-state index contributed by atoms with van der Waals surface area (Å²) in [6.07, 6.45) is 1.19. The van der Waals surface area contributed by atoms with Crippen LogP contribution in [0, 0.1) is 0 Å². The SMILES string of the molecule is CCC(N)C(c1cccc(Cl)c1)N1CC(C)OCC1C. The van der Waals surface area contributed by atoms with E-state index in [0.717, 1.165) is 24.6 Å².